The summed E-state index contributed by atoms with van der Waals surface area (Å²) in [4.78, 5) is 0. The summed E-state index contributed by atoms with van der Waals surface area (Å²) in [6.45, 7) is 2.02. The first-order valence-corrected chi connectivity index (χ1v) is 5.59. The topological polar surface area (TPSA) is 20.2 Å². The fraction of sp³-hybridized carbons (Fsp3) is 0.286. The van der Waals surface area contributed by atoms with Gasteiger partial charge in [-0.25, -0.2) is 4.39 Å². The molecule has 16 heavy (non-hydrogen) atoms. The van der Waals surface area contributed by atoms with Crippen molar-refractivity contribution in [3.8, 4) is 0 Å². The van der Waals surface area contributed by atoms with Gasteiger partial charge < -0.3 is 5.11 Å². The molecule has 0 fully saturated rings. The Hall–Kier alpha value is -1.41. The summed E-state index contributed by atoms with van der Waals surface area (Å²) in [6.07, 6.45) is 1.11. The Labute approximate surface area is 94.5 Å². The number of aliphatic hydroxyl groups is 1. The molecule has 1 atom stereocenters. The van der Waals surface area contributed by atoms with Gasteiger partial charge in [0.1, 0.15) is 5.82 Å². The minimum absolute atomic E-state index is 0.233. The van der Waals surface area contributed by atoms with Crippen LogP contribution in [0.2, 0.25) is 0 Å². The van der Waals surface area contributed by atoms with Gasteiger partial charge in [-0.05, 0) is 23.4 Å². The monoisotopic (exact) mass is 218 g/mol. The number of halogens is 1. The molecule has 0 aliphatic carbocycles. The van der Waals surface area contributed by atoms with Crippen molar-refractivity contribution < 1.29 is 9.50 Å². The van der Waals surface area contributed by atoms with Crippen molar-refractivity contribution in [2.45, 2.75) is 25.9 Å². The van der Waals surface area contributed by atoms with Gasteiger partial charge in [0.25, 0.3) is 0 Å². The molecule has 1 nitrogen and oxygen atoms in total. The van der Waals surface area contributed by atoms with Crippen LogP contribution in [0.5, 0.6) is 0 Å². The predicted molar refractivity (Wildman–Crippen MR) is 63.8 cm³/mol. The molecule has 2 rings (SSSR count). The first kappa shape index (κ1) is 11.1. The molecule has 0 amide bonds. The van der Waals surface area contributed by atoms with Crippen LogP contribution in [0.4, 0.5) is 4.39 Å². The first-order valence-electron chi connectivity index (χ1n) is 5.59. The molecule has 0 saturated carbocycles. The molecule has 2 heteroatoms. The molecule has 0 bridgehead atoms. The van der Waals surface area contributed by atoms with E-state index >= 15 is 0 Å². The van der Waals surface area contributed by atoms with E-state index in [1.54, 1.807) is 18.2 Å². The van der Waals surface area contributed by atoms with Gasteiger partial charge in [-0.1, -0.05) is 43.7 Å². The van der Waals surface area contributed by atoms with Gasteiger partial charge in [0, 0.05) is 5.39 Å². The zero-order chi connectivity index (χ0) is 11.5. The lowest BCUT2D eigenvalue weighted by molar-refractivity contribution is 0.168. The van der Waals surface area contributed by atoms with Gasteiger partial charge in [0.15, 0.2) is 0 Å². The number of aliphatic hydroxyl groups excluding tert-OH is 1. The van der Waals surface area contributed by atoms with Gasteiger partial charge in [0.2, 0.25) is 0 Å². The summed E-state index contributed by atoms with van der Waals surface area (Å²) in [5.41, 5.74) is 0.818. The number of hydrogen-bond donors (Lipinski definition) is 1. The van der Waals surface area contributed by atoms with Crippen LogP contribution in [0.15, 0.2) is 36.4 Å². The van der Waals surface area contributed by atoms with Crippen LogP contribution in [-0.4, -0.2) is 5.11 Å². The molecule has 84 valence electrons. The number of benzene rings is 2. The van der Waals surface area contributed by atoms with Crippen LogP contribution in [0, 0.1) is 5.82 Å². The zero-order valence-corrected chi connectivity index (χ0v) is 9.28. The third-order valence-corrected chi connectivity index (χ3v) is 2.83. The molecule has 0 unspecified atom stereocenters. The summed E-state index contributed by atoms with van der Waals surface area (Å²) in [5, 5.41) is 11.4. The Morgan fingerprint density at radius 2 is 1.81 bits per heavy atom. The molecule has 0 aliphatic rings. The van der Waals surface area contributed by atoms with E-state index in [1.807, 2.05) is 19.1 Å². The Morgan fingerprint density at radius 1 is 1.12 bits per heavy atom. The summed E-state index contributed by atoms with van der Waals surface area (Å²) < 4.78 is 13.5. The van der Waals surface area contributed by atoms with Crippen LogP contribution in [0.25, 0.3) is 10.8 Å². The normalized spacial score (nSPS) is 12.9. The van der Waals surface area contributed by atoms with E-state index in [0.29, 0.717) is 11.8 Å². The third kappa shape index (κ3) is 1.93. The SMILES string of the molecule is CCC[C@@H](O)c1ccc(F)c2ccccc12. The maximum Gasteiger partial charge on any atom is 0.131 e. The average Bonchev–Trinajstić information content (AvgIpc) is 2.30. The van der Waals surface area contributed by atoms with Gasteiger partial charge in [-0.3, -0.25) is 0 Å². The van der Waals surface area contributed by atoms with Crippen molar-refractivity contribution >= 4 is 10.8 Å². The maximum absolute atomic E-state index is 13.5. The number of rotatable bonds is 3. The number of hydrogen-bond acceptors (Lipinski definition) is 1. The van der Waals surface area contributed by atoms with Crippen molar-refractivity contribution in [1.29, 1.82) is 0 Å². The molecular weight excluding hydrogens is 203 g/mol. The first-order chi connectivity index (χ1) is 7.74. The lowest BCUT2D eigenvalue weighted by Crippen LogP contribution is -1.98. The summed E-state index contributed by atoms with van der Waals surface area (Å²) in [7, 11) is 0. The van der Waals surface area contributed by atoms with Crippen molar-refractivity contribution in [2.75, 3.05) is 0 Å². The highest BCUT2D eigenvalue weighted by Crippen LogP contribution is 2.28. The van der Waals surface area contributed by atoms with E-state index in [4.69, 9.17) is 0 Å². The highest BCUT2D eigenvalue weighted by atomic mass is 19.1. The van der Waals surface area contributed by atoms with E-state index < -0.39 is 6.10 Å². The second-order valence-electron chi connectivity index (χ2n) is 3.99. The molecule has 0 heterocycles. The highest BCUT2D eigenvalue weighted by molar-refractivity contribution is 5.86. The Balaban J connectivity index is 2.58. The lowest BCUT2D eigenvalue weighted by Gasteiger charge is -2.13. The van der Waals surface area contributed by atoms with E-state index in [9.17, 15) is 9.50 Å². The second-order valence-corrected chi connectivity index (χ2v) is 3.99. The molecule has 0 aliphatic heterocycles. The minimum Gasteiger partial charge on any atom is -0.388 e. The maximum atomic E-state index is 13.5. The van der Waals surface area contributed by atoms with Crippen molar-refractivity contribution in [3.05, 3.63) is 47.8 Å². The summed E-state index contributed by atoms with van der Waals surface area (Å²) >= 11 is 0. The molecular formula is C14H15FO. The van der Waals surface area contributed by atoms with E-state index in [-0.39, 0.29) is 5.82 Å². The van der Waals surface area contributed by atoms with Gasteiger partial charge in [-0.15, -0.1) is 0 Å². The van der Waals surface area contributed by atoms with E-state index in [2.05, 4.69) is 0 Å². The summed E-state index contributed by atoms with van der Waals surface area (Å²) in [5.74, 6) is -0.233. The smallest absolute Gasteiger partial charge is 0.131 e. The van der Waals surface area contributed by atoms with Crippen molar-refractivity contribution in [2.24, 2.45) is 0 Å². The molecule has 2 aromatic rings. The highest BCUT2D eigenvalue weighted by Gasteiger charge is 2.11. The Morgan fingerprint density at radius 3 is 2.50 bits per heavy atom. The van der Waals surface area contributed by atoms with Crippen LogP contribution in [-0.2, 0) is 0 Å². The van der Waals surface area contributed by atoms with E-state index in [1.165, 1.54) is 6.07 Å². The fourth-order valence-electron chi connectivity index (χ4n) is 2.01. The van der Waals surface area contributed by atoms with Crippen molar-refractivity contribution in [1.82, 2.24) is 0 Å². The van der Waals surface area contributed by atoms with Gasteiger partial charge in [-0.2, -0.15) is 0 Å². The lowest BCUT2D eigenvalue weighted by atomic mass is 9.98. The molecule has 0 spiro atoms. The largest absolute Gasteiger partial charge is 0.388 e. The van der Waals surface area contributed by atoms with Gasteiger partial charge >= 0.3 is 0 Å². The molecule has 0 saturated heterocycles. The third-order valence-electron chi connectivity index (χ3n) is 2.83. The molecule has 2 aromatic carbocycles. The van der Waals surface area contributed by atoms with Crippen LogP contribution >= 0.6 is 0 Å². The number of fused-ring (bicyclic) bond motifs is 1. The van der Waals surface area contributed by atoms with E-state index in [0.717, 1.165) is 17.4 Å². The van der Waals surface area contributed by atoms with Crippen LogP contribution in [0.3, 0.4) is 0 Å². The van der Waals surface area contributed by atoms with Crippen molar-refractivity contribution in [3.63, 3.8) is 0 Å². The zero-order valence-electron chi connectivity index (χ0n) is 9.28. The fourth-order valence-corrected chi connectivity index (χ4v) is 2.01. The molecule has 0 aromatic heterocycles. The standard InChI is InChI=1S/C14H15FO/c1-2-5-14(16)12-8-9-13(15)11-7-4-3-6-10(11)12/h3-4,6-9,14,16H,2,5H2,1H3/t14-/m1/s1. The van der Waals surface area contributed by atoms with Crippen LogP contribution in [0.1, 0.15) is 31.4 Å². The van der Waals surface area contributed by atoms with Gasteiger partial charge in [0.05, 0.1) is 6.10 Å². The molecule has 1 N–H and O–H groups in total. The quantitative estimate of drug-likeness (QED) is 0.830. The minimum atomic E-state index is -0.504. The predicted octanol–water partition coefficient (Wildman–Crippen LogP) is 3.81. The Kier molecular flexibility index (Phi) is 3.20. The van der Waals surface area contributed by atoms with Crippen LogP contribution < -0.4 is 0 Å². The molecule has 0 radical (unpaired) electrons. The summed E-state index contributed by atoms with van der Waals surface area (Å²) in [6, 6.07) is 10.4. The average molecular weight is 218 g/mol. The Bertz CT molecular complexity index is 493. The second kappa shape index (κ2) is 4.62.